The number of carbonyl (C=O) groups is 3. The van der Waals surface area contributed by atoms with Crippen LogP contribution in [-0.4, -0.2) is 97.2 Å². The number of amides is 3. The SMILES string of the molecule is O=C1CCC(N2Cc3c(ccc4c3OCC3CN(CC5CCN(c6ccccc6)CC5)CCN43)C2=O)C(=O)N1.Oc1ccc2c(c1)OCCC2.c1ccccc1. The average molecular weight is 758 g/mol. The van der Waals surface area contributed by atoms with Crippen molar-refractivity contribution in [3.63, 3.8) is 0 Å². The molecule has 0 spiro atoms. The van der Waals surface area contributed by atoms with E-state index in [0.717, 1.165) is 87.4 Å². The Hall–Kier alpha value is -5.55. The molecule has 6 aliphatic heterocycles. The van der Waals surface area contributed by atoms with Crippen molar-refractivity contribution in [2.24, 2.45) is 5.92 Å². The monoisotopic (exact) mass is 757 g/mol. The molecule has 6 aliphatic rings. The van der Waals surface area contributed by atoms with Gasteiger partial charge in [0, 0.05) is 68.6 Å². The lowest BCUT2D eigenvalue weighted by atomic mass is 9.95. The molecule has 3 saturated heterocycles. The second kappa shape index (κ2) is 17.1. The molecular weight excluding hydrogens is 707 g/mol. The zero-order chi connectivity index (χ0) is 38.4. The third kappa shape index (κ3) is 8.33. The van der Waals surface area contributed by atoms with Gasteiger partial charge in [-0.25, -0.2) is 0 Å². The molecule has 292 valence electrons. The summed E-state index contributed by atoms with van der Waals surface area (Å²) >= 11 is 0. The Bertz CT molecular complexity index is 1980. The minimum atomic E-state index is -0.613. The van der Waals surface area contributed by atoms with E-state index in [2.05, 4.69) is 50.3 Å². The Morgan fingerprint density at radius 3 is 2.27 bits per heavy atom. The van der Waals surface area contributed by atoms with Crippen LogP contribution in [-0.2, 0) is 22.6 Å². The lowest BCUT2D eigenvalue weighted by Gasteiger charge is -2.47. The average Bonchev–Trinajstić information content (AvgIpc) is 3.58. The lowest BCUT2D eigenvalue weighted by molar-refractivity contribution is -0.136. The van der Waals surface area contributed by atoms with Gasteiger partial charge in [0.15, 0.2) is 0 Å². The van der Waals surface area contributed by atoms with Crippen LogP contribution >= 0.6 is 0 Å². The first-order valence-corrected chi connectivity index (χ1v) is 20.1. The van der Waals surface area contributed by atoms with Crippen LogP contribution in [0.5, 0.6) is 17.2 Å². The van der Waals surface area contributed by atoms with Gasteiger partial charge in [-0.1, -0.05) is 60.7 Å². The van der Waals surface area contributed by atoms with E-state index in [1.807, 2.05) is 54.6 Å². The number of benzene rings is 4. The summed E-state index contributed by atoms with van der Waals surface area (Å²) in [5.74, 6) is 1.82. The number of hydrogen-bond donors (Lipinski definition) is 2. The zero-order valence-corrected chi connectivity index (χ0v) is 31.9. The van der Waals surface area contributed by atoms with Gasteiger partial charge in [-0.05, 0) is 73.9 Å². The van der Waals surface area contributed by atoms with Gasteiger partial charge in [-0.2, -0.15) is 0 Å². The Morgan fingerprint density at radius 1 is 0.768 bits per heavy atom. The number of phenols is 1. The molecule has 0 saturated carbocycles. The topological polar surface area (TPSA) is 115 Å². The maximum Gasteiger partial charge on any atom is 0.255 e. The van der Waals surface area contributed by atoms with Gasteiger partial charge >= 0.3 is 0 Å². The van der Waals surface area contributed by atoms with E-state index in [0.29, 0.717) is 25.1 Å². The number of para-hydroxylation sites is 1. The van der Waals surface area contributed by atoms with Gasteiger partial charge in [-0.15, -0.1) is 0 Å². The van der Waals surface area contributed by atoms with Crippen LogP contribution < -0.4 is 24.6 Å². The van der Waals surface area contributed by atoms with Crippen LogP contribution in [0.2, 0.25) is 0 Å². The van der Waals surface area contributed by atoms with Gasteiger partial charge in [0.1, 0.15) is 29.9 Å². The first kappa shape index (κ1) is 37.4. The molecule has 4 aromatic rings. The number of carbonyl (C=O) groups excluding carboxylic acids is 3. The summed E-state index contributed by atoms with van der Waals surface area (Å²) < 4.78 is 11.7. The summed E-state index contributed by atoms with van der Waals surface area (Å²) in [4.78, 5) is 46.4. The first-order chi connectivity index (χ1) is 27.4. The number of nitrogens with one attached hydrogen (secondary N) is 1. The fourth-order valence-electron chi connectivity index (χ4n) is 8.80. The molecule has 2 N–H and O–H groups in total. The Labute approximate surface area is 328 Å². The Kier molecular flexibility index (Phi) is 11.4. The summed E-state index contributed by atoms with van der Waals surface area (Å²) in [6.07, 6.45) is 5.21. The van der Waals surface area contributed by atoms with Crippen LogP contribution in [0.4, 0.5) is 11.4 Å². The highest BCUT2D eigenvalue weighted by molar-refractivity contribution is 6.06. The van der Waals surface area contributed by atoms with Crippen molar-refractivity contribution in [2.45, 2.75) is 57.2 Å². The van der Waals surface area contributed by atoms with Crippen molar-refractivity contribution in [3.05, 3.63) is 114 Å². The number of aryl methyl sites for hydroxylation is 1. The number of nitrogens with zero attached hydrogens (tertiary/aromatic N) is 4. The number of fused-ring (bicyclic) bond motifs is 6. The van der Waals surface area contributed by atoms with Gasteiger partial charge in [0.2, 0.25) is 11.8 Å². The quantitative estimate of drug-likeness (QED) is 0.255. The van der Waals surface area contributed by atoms with Gasteiger partial charge in [0.05, 0.1) is 24.9 Å². The van der Waals surface area contributed by atoms with Crippen LogP contribution in [0.3, 0.4) is 0 Å². The smallest absolute Gasteiger partial charge is 0.255 e. The van der Waals surface area contributed by atoms with E-state index >= 15 is 0 Å². The predicted molar refractivity (Wildman–Crippen MR) is 215 cm³/mol. The van der Waals surface area contributed by atoms with Crippen LogP contribution in [0.25, 0.3) is 0 Å². The number of phenolic OH excluding ortho intramolecular Hbond substituents is 1. The third-order valence-corrected chi connectivity index (χ3v) is 11.8. The maximum absolute atomic E-state index is 13.2. The number of piperidine rings is 2. The number of hydrogen-bond acceptors (Lipinski definition) is 9. The summed E-state index contributed by atoms with van der Waals surface area (Å²) in [5, 5.41) is 11.5. The van der Waals surface area contributed by atoms with Crippen LogP contribution in [0, 0.1) is 5.92 Å². The van der Waals surface area contributed by atoms with Crippen LogP contribution in [0.15, 0.2) is 97.1 Å². The zero-order valence-electron chi connectivity index (χ0n) is 31.9. The molecule has 0 bridgehead atoms. The molecule has 4 aromatic carbocycles. The minimum absolute atomic E-state index is 0.156. The lowest BCUT2D eigenvalue weighted by Crippen LogP contribution is -2.58. The van der Waals surface area contributed by atoms with E-state index in [1.54, 1.807) is 17.0 Å². The number of aromatic hydroxyl groups is 1. The molecule has 2 unspecified atom stereocenters. The van der Waals surface area contributed by atoms with Crippen molar-refractivity contribution in [3.8, 4) is 17.2 Å². The molecule has 11 heteroatoms. The molecule has 2 atom stereocenters. The van der Waals surface area contributed by atoms with E-state index in [4.69, 9.17) is 14.6 Å². The molecule has 0 radical (unpaired) electrons. The molecule has 10 rings (SSSR count). The number of ether oxygens (including phenoxy) is 2. The molecule has 6 heterocycles. The molecule has 3 amide bonds. The first-order valence-electron chi connectivity index (χ1n) is 20.1. The second-order valence-electron chi connectivity index (χ2n) is 15.4. The number of piperazine rings is 1. The summed E-state index contributed by atoms with van der Waals surface area (Å²) in [6.45, 7) is 8.03. The standard InChI is InChI=1S/C30H35N5O4.C9H10O2.C6H6/c36-27-9-8-26(29(37)31-27)35-18-24-23(30(35)38)6-7-25-28(24)39-19-22-17-32(14-15-34(22)25)16-20-10-12-33(13-11-20)21-4-2-1-3-5-21;10-8-4-3-7-2-1-5-11-9(7)6-8;1-2-4-6-5-3-1/h1-7,20,22,26H,8-19H2,(H,31,36,37);3-4,6,10H,1-2,5H2;1-6H. The minimum Gasteiger partial charge on any atom is -0.508 e. The van der Waals surface area contributed by atoms with Crippen molar-refractivity contribution >= 4 is 29.1 Å². The highest BCUT2D eigenvalue weighted by atomic mass is 16.5. The summed E-state index contributed by atoms with van der Waals surface area (Å²) in [7, 11) is 0. The number of rotatable bonds is 4. The highest BCUT2D eigenvalue weighted by Crippen LogP contribution is 2.44. The number of imide groups is 1. The third-order valence-electron chi connectivity index (χ3n) is 11.8. The van der Waals surface area contributed by atoms with Gasteiger partial charge < -0.3 is 29.3 Å². The van der Waals surface area contributed by atoms with Crippen molar-refractivity contribution in [2.75, 3.05) is 62.3 Å². The van der Waals surface area contributed by atoms with E-state index in [1.165, 1.54) is 24.1 Å². The van der Waals surface area contributed by atoms with Gasteiger partial charge in [0.25, 0.3) is 5.91 Å². The van der Waals surface area contributed by atoms with E-state index in [-0.39, 0.29) is 35.9 Å². The molecule has 0 aliphatic carbocycles. The fourth-order valence-corrected chi connectivity index (χ4v) is 8.80. The molecule has 3 fully saturated rings. The molecular formula is C45H51N5O6. The van der Waals surface area contributed by atoms with Crippen molar-refractivity contribution in [1.29, 1.82) is 0 Å². The number of anilines is 2. The van der Waals surface area contributed by atoms with Crippen molar-refractivity contribution < 1.29 is 29.0 Å². The maximum atomic E-state index is 13.2. The Balaban J connectivity index is 0.000000212. The fraction of sp³-hybridized carbons (Fsp3) is 0.400. The van der Waals surface area contributed by atoms with E-state index in [9.17, 15) is 14.4 Å². The van der Waals surface area contributed by atoms with Crippen LogP contribution in [0.1, 0.15) is 53.6 Å². The van der Waals surface area contributed by atoms with Crippen molar-refractivity contribution in [1.82, 2.24) is 15.1 Å². The van der Waals surface area contributed by atoms with E-state index < -0.39 is 6.04 Å². The van der Waals surface area contributed by atoms with Gasteiger partial charge in [-0.3, -0.25) is 24.6 Å². The summed E-state index contributed by atoms with van der Waals surface area (Å²) in [6, 6.07) is 31.6. The Morgan fingerprint density at radius 2 is 1.52 bits per heavy atom. The molecule has 56 heavy (non-hydrogen) atoms. The largest absolute Gasteiger partial charge is 0.508 e. The second-order valence-corrected chi connectivity index (χ2v) is 15.4. The molecule has 0 aromatic heterocycles. The normalized spacial score (nSPS) is 21.7. The predicted octanol–water partition coefficient (Wildman–Crippen LogP) is 5.65. The highest BCUT2D eigenvalue weighted by Gasteiger charge is 2.43. The molecule has 11 nitrogen and oxygen atoms in total. The summed E-state index contributed by atoms with van der Waals surface area (Å²) in [5.41, 5.74) is 5.06.